The van der Waals surface area contributed by atoms with Crippen LogP contribution in [0.25, 0.3) is 0 Å². The van der Waals surface area contributed by atoms with E-state index in [0.717, 1.165) is 21.5 Å². The summed E-state index contributed by atoms with van der Waals surface area (Å²) >= 11 is 4.91. The molecule has 18 heavy (non-hydrogen) atoms. The third kappa shape index (κ3) is 2.95. The standard InChI is InChI=1S/C12H11BrF2N2S/c13-9-3-4-18-12(9)11(17-16)6-7-5-8(14)1-2-10(7)15/h1-5,11,17H,6,16H2. The topological polar surface area (TPSA) is 38.0 Å². The molecule has 0 amide bonds. The molecular weight excluding hydrogens is 322 g/mol. The second-order valence-electron chi connectivity index (χ2n) is 3.79. The zero-order valence-electron chi connectivity index (χ0n) is 9.29. The van der Waals surface area contributed by atoms with Crippen molar-refractivity contribution in [1.82, 2.24) is 5.43 Å². The van der Waals surface area contributed by atoms with E-state index in [9.17, 15) is 8.78 Å². The summed E-state index contributed by atoms with van der Waals surface area (Å²) < 4.78 is 27.6. The normalized spacial score (nSPS) is 12.7. The molecule has 0 saturated carbocycles. The van der Waals surface area contributed by atoms with Gasteiger partial charge in [-0.2, -0.15) is 0 Å². The molecular formula is C12H11BrF2N2S. The Kier molecular flexibility index (Phi) is 4.45. The van der Waals surface area contributed by atoms with Crippen LogP contribution in [0.2, 0.25) is 0 Å². The first-order valence-corrected chi connectivity index (χ1v) is 6.92. The van der Waals surface area contributed by atoms with E-state index < -0.39 is 11.6 Å². The van der Waals surface area contributed by atoms with E-state index in [4.69, 9.17) is 5.84 Å². The molecule has 0 saturated heterocycles. The molecule has 0 fully saturated rings. The Morgan fingerprint density at radius 3 is 2.72 bits per heavy atom. The van der Waals surface area contributed by atoms with Gasteiger partial charge in [-0.05, 0) is 57.6 Å². The van der Waals surface area contributed by atoms with Crippen LogP contribution in [0, 0.1) is 11.6 Å². The van der Waals surface area contributed by atoms with Gasteiger partial charge in [0.25, 0.3) is 0 Å². The maximum absolute atomic E-state index is 13.6. The molecule has 0 bridgehead atoms. The van der Waals surface area contributed by atoms with Crippen molar-refractivity contribution in [3.63, 3.8) is 0 Å². The highest BCUT2D eigenvalue weighted by Crippen LogP contribution is 2.31. The molecule has 1 atom stereocenters. The second kappa shape index (κ2) is 5.88. The molecule has 96 valence electrons. The molecule has 1 unspecified atom stereocenters. The van der Waals surface area contributed by atoms with E-state index >= 15 is 0 Å². The number of nitrogens with two attached hydrogens (primary N) is 1. The maximum atomic E-state index is 13.6. The van der Waals surface area contributed by atoms with Crippen LogP contribution < -0.4 is 11.3 Å². The highest BCUT2D eigenvalue weighted by molar-refractivity contribution is 9.10. The van der Waals surface area contributed by atoms with Crippen molar-refractivity contribution in [2.24, 2.45) is 5.84 Å². The minimum atomic E-state index is -0.451. The van der Waals surface area contributed by atoms with E-state index in [1.54, 1.807) is 0 Å². The van der Waals surface area contributed by atoms with Crippen LogP contribution in [-0.2, 0) is 6.42 Å². The number of nitrogens with one attached hydrogen (secondary N) is 1. The lowest BCUT2D eigenvalue weighted by Crippen LogP contribution is -2.29. The van der Waals surface area contributed by atoms with Gasteiger partial charge in [0.1, 0.15) is 11.6 Å². The van der Waals surface area contributed by atoms with E-state index in [1.807, 2.05) is 11.4 Å². The van der Waals surface area contributed by atoms with Gasteiger partial charge in [-0.15, -0.1) is 11.3 Å². The summed E-state index contributed by atoms with van der Waals surface area (Å²) in [6, 6.07) is 5.07. The SMILES string of the molecule is NNC(Cc1cc(F)ccc1F)c1sccc1Br. The van der Waals surface area contributed by atoms with E-state index in [2.05, 4.69) is 21.4 Å². The predicted molar refractivity (Wildman–Crippen MR) is 72.1 cm³/mol. The van der Waals surface area contributed by atoms with Gasteiger partial charge in [-0.1, -0.05) is 0 Å². The molecule has 6 heteroatoms. The Bertz CT molecular complexity index is 545. The quantitative estimate of drug-likeness (QED) is 0.663. The van der Waals surface area contributed by atoms with Gasteiger partial charge in [-0.25, -0.2) is 8.78 Å². The molecule has 0 radical (unpaired) electrons. The number of thiophene rings is 1. The van der Waals surface area contributed by atoms with Gasteiger partial charge in [0.2, 0.25) is 0 Å². The number of halogens is 3. The molecule has 3 N–H and O–H groups in total. The van der Waals surface area contributed by atoms with Crippen LogP contribution in [-0.4, -0.2) is 0 Å². The Balaban J connectivity index is 2.26. The van der Waals surface area contributed by atoms with Crippen molar-refractivity contribution >= 4 is 27.3 Å². The van der Waals surface area contributed by atoms with Crippen LogP contribution in [0.15, 0.2) is 34.1 Å². The fourth-order valence-corrected chi connectivity index (χ4v) is 3.41. The molecule has 2 nitrogen and oxygen atoms in total. The molecule has 1 aromatic heterocycles. The average molecular weight is 333 g/mol. The van der Waals surface area contributed by atoms with Crippen LogP contribution in [0.3, 0.4) is 0 Å². The van der Waals surface area contributed by atoms with E-state index in [1.165, 1.54) is 17.4 Å². The fraction of sp³-hybridized carbons (Fsp3) is 0.167. The summed E-state index contributed by atoms with van der Waals surface area (Å²) in [6.07, 6.45) is 0.291. The first kappa shape index (κ1) is 13.6. The number of rotatable bonds is 4. The fourth-order valence-electron chi connectivity index (χ4n) is 1.70. The van der Waals surface area contributed by atoms with Crippen LogP contribution in [0.5, 0.6) is 0 Å². The third-order valence-electron chi connectivity index (χ3n) is 2.59. The maximum Gasteiger partial charge on any atom is 0.126 e. The minimum Gasteiger partial charge on any atom is -0.271 e. The van der Waals surface area contributed by atoms with Crippen molar-refractivity contribution in [3.05, 3.63) is 56.2 Å². The lowest BCUT2D eigenvalue weighted by molar-refractivity contribution is 0.527. The minimum absolute atomic E-state index is 0.254. The number of hydrazine groups is 1. The Morgan fingerprint density at radius 2 is 2.11 bits per heavy atom. The van der Waals surface area contributed by atoms with E-state index in [0.29, 0.717) is 12.0 Å². The zero-order valence-corrected chi connectivity index (χ0v) is 11.7. The molecule has 2 aromatic rings. The van der Waals surface area contributed by atoms with E-state index in [-0.39, 0.29) is 6.04 Å². The highest BCUT2D eigenvalue weighted by Gasteiger charge is 2.17. The Morgan fingerprint density at radius 1 is 1.33 bits per heavy atom. The monoisotopic (exact) mass is 332 g/mol. The second-order valence-corrected chi connectivity index (χ2v) is 5.59. The molecule has 1 aromatic carbocycles. The Hall–Kier alpha value is -0.820. The third-order valence-corrected chi connectivity index (χ3v) is 4.58. The first-order valence-electron chi connectivity index (χ1n) is 5.24. The summed E-state index contributed by atoms with van der Waals surface area (Å²) in [7, 11) is 0. The lowest BCUT2D eigenvalue weighted by Gasteiger charge is -2.15. The van der Waals surface area contributed by atoms with Gasteiger partial charge < -0.3 is 0 Å². The van der Waals surface area contributed by atoms with Crippen molar-refractivity contribution in [2.75, 3.05) is 0 Å². The summed E-state index contributed by atoms with van der Waals surface area (Å²) in [5, 5.41) is 1.91. The highest BCUT2D eigenvalue weighted by atomic mass is 79.9. The van der Waals surface area contributed by atoms with Crippen LogP contribution in [0.1, 0.15) is 16.5 Å². The van der Waals surface area contributed by atoms with Crippen molar-refractivity contribution in [1.29, 1.82) is 0 Å². The van der Waals surface area contributed by atoms with Crippen LogP contribution >= 0.6 is 27.3 Å². The molecule has 0 aliphatic rings. The summed E-state index contributed by atoms with van der Waals surface area (Å²) in [5.41, 5.74) is 2.94. The van der Waals surface area contributed by atoms with Crippen molar-refractivity contribution < 1.29 is 8.78 Å². The first-order chi connectivity index (χ1) is 8.61. The van der Waals surface area contributed by atoms with Crippen molar-refractivity contribution in [3.8, 4) is 0 Å². The van der Waals surface area contributed by atoms with Gasteiger partial charge in [0.15, 0.2) is 0 Å². The number of hydrogen-bond donors (Lipinski definition) is 2. The number of hydrogen-bond acceptors (Lipinski definition) is 3. The molecule has 1 heterocycles. The van der Waals surface area contributed by atoms with Gasteiger partial charge in [0.05, 0.1) is 6.04 Å². The summed E-state index contributed by atoms with van der Waals surface area (Å²) in [5.74, 6) is 4.61. The van der Waals surface area contributed by atoms with Crippen molar-refractivity contribution in [2.45, 2.75) is 12.5 Å². The van der Waals surface area contributed by atoms with Gasteiger partial charge >= 0.3 is 0 Å². The number of benzene rings is 1. The summed E-state index contributed by atoms with van der Waals surface area (Å²) in [6.45, 7) is 0. The zero-order chi connectivity index (χ0) is 13.1. The molecule has 0 spiro atoms. The molecule has 0 aliphatic carbocycles. The molecule has 0 aliphatic heterocycles. The summed E-state index contributed by atoms with van der Waals surface area (Å²) in [4.78, 5) is 0.959. The van der Waals surface area contributed by atoms with Gasteiger partial charge in [0, 0.05) is 9.35 Å². The molecule has 2 rings (SSSR count). The lowest BCUT2D eigenvalue weighted by atomic mass is 10.0. The predicted octanol–water partition coefficient (Wildman–Crippen LogP) is 3.54. The largest absolute Gasteiger partial charge is 0.271 e. The van der Waals surface area contributed by atoms with Crippen LogP contribution in [0.4, 0.5) is 8.78 Å². The smallest absolute Gasteiger partial charge is 0.126 e. The average Bonchev–Trinajstić information content (AvgIpc) is 2.77. The van der Waals surface area contributed by atoms with Gasteiger partial charge in [-0.3, -0.25) is 11.3 Å². The Labute approximate surface area is 116 Å².